The molecule has 7 nitrogen and oxygen atoms in total. The molecule has 1 atom stereocenters. The number of hydrogen-bond donors (Lipinski definition) is 2. The van der Waals surface area contributed by atoms with E-state index in [-0.39, 0.29) is 18.0 Å². The minimum atomic E-state index is -0.509. The Morgan fingerprint density at radius 1 is 1.29 bits per heavy atom. The second-order valence-corrected chi connectivity index (χ2v) is 9.07. The van der Waals surface area contributed by atoms with Crippen molar-refractivity contribution in [3.8, 4) is 11.3 Å². The van der Waals surface area contributed by atoms with Crippen molar-refractivity contribution in [2.45, 2.75) is 52.2 Å². The SMILES string of the molecule is Cc1cc(N[C@@H]2CCCN(C(=O)OC(C)(C)C)C2)nnc1-c1ccc2c(F)c[nH]c2c1. The summed E-state index contributed by atoms with van der Waals surface area (Å²) < 4.78 is 19.2. The fourth-order valence-electron chi connectivity index (χ4n) is 3.88. The Balaban J connectivity index is 1.46. The van der Waals surface area contributed by atoms with Gasteiger partial charge < -0.3 is 19.9 Å². The Hall–Kier alpha value is -3.16. The minimum Gasteiger partial charge on any atom is -0.444 e. The molecule has 31 heavy (non-hydrogen) atoms. The first-order valence-electron chi connectivity index (χ1n) is 10.6. The van der Waals surface area contributed by atoms with E-state index in [1.807, 2.05) is 45.9 Å². The van der Waals surface area contributed by atoms with Crippen LogP contribution in [0.1, 0.15) is 39.2 Å². The second-order valence-electron chi connectivity index (χ2n) is 9.07. The van der Waals surface area contributed by atoms with Gasteiger partial charge in [-0.3, -0.25) is 0 Å². The van der Waals surface area contributed by atoms with Gasteiger partial charge in [0.15, 0.2) is 0 Å². The van der Waals surface area contributed by atoms with Crippen LogP contribution in [0.4, 0.5) is 15.0 Å². The van der Waals surface area contributed by atoms with Crippen LogP contribution in [0.3, 0.4) is 0 Å². The summed E-state index contributed by atoms with van der Waals surface area (Å²) in [6, 6.07) is 7.51. The van der Waals surface area contributed by atoms with E-state index in [9.17, 15) is 9.18 Å². The summed E-state index contributed by atoms with van der Waals surface area (Å²) in [4.78, 5) is 17.1. The highest BCUT2D eigenvalue weighted by atomic mass is 19.1. The Bertz CT molecular complexity index is 1110. The fraction of sp³-hybridized carbons (Fsp3) is 0.435. The first-order valence-corrected chi connectivity index (χ1v) is 10.6. The molecular weight excluding hydrogens is 397 g/mol. The molecule has 8 heteroatoms. The number of likely N-dealkylation sites (tertiary alicyclic amines) is 1. The number of anilines is 1. The number of carbonyl (C=O) groups is 1. The van der Waals surface area contributed by atoms with Crippen LogP contribution in [0, 0.1) is 12.7 Å². The third-order valence-electron chi connectivity index (χ3n) is 5.31. The van der Waals surface area contributed by atoms with Crippen molar-refractivity contribution in [2.75, 3.05) is 18.4 Å². The number of nitrogens with one attached hydrogen (secondary N) is 2. The van der Waals surface area contributed by atoms with Gasteiger partial charge in [0.2, 0.25) is 0 Å². The van der Waals surface area contributed by atoms with Gasteiger partial charge in [0.05, 0.1) is 5.69 Å². The summed E-state index contributed by atoms with van der Waals surface area (Å²) in [6.07, 6.45) is 2.91. The number of aromatic nitrogens is 3. The number of ether oxygens (including phenoxy) is 1. The predicted octanol–water partition coefficient (Wildman–Crippen LogP) is 4.88. The van der Waals surface area contributed by atoms with Gasteiger partial charge in [0, 0.05) is 41.8 Å². The maximum atomic E-state index is 13.7. The Morgan fingerprint density at radius 3 is 2.84 bits per heavy atom. The van der Waals surface area contributed by atoms with E-state index < -0.39 is 5.60 Å². The van der Waals surface area contributed by atoms with Gasteiger partial charge >= 0.3 is 6.09 Å². The summed E-state index contributed by atoms with van der Waals surface area (Å²) in [5.41, 5.74) is 2.80. The number of nitrogens with zero attached hydrogens (tertiary/aromatic N) is 3. The molecule has 1 amide bonds. The molecule has 0 radical (unpaired) electrons. The molecule has 0 bridgehead atoms. The van der Waals surface area contributed by atoms with Crippen molar-refractivity contribution in [1.29, 1.82) is 0 Å². The van der Waals surface area contributed by atoms with E-state index in [4.69, 9.17) is 4.74 Å². The number of aromatic amines is 1. The first-order chi connectivity index (χ1) is 14.7. The fourth-order valence-corrected chi connectivity index (χ4v) is 3.88. The molecule has 1 fully saturated rings. The molecule has 0 spiro atoms. The third-order valence-corrected chi connectivity index (χ3v) is 5.31. The molecule has 0 unspecified atom stereocenters. The number of hydrogen-bond acceptors (Lipinski definition) is 5. The monoisotopic (exact) mass is 425 g/mol. The lowest BCUT2D eigenvalue weighted by molar-refractivity contribution is 0.0206. The van der Waals surface area contributed by atoms with Crippen molar-refractivity contribution in [3.05, 3.63) is 41.8 Å². The van der Waals surface area contributed by atoms with Gasteiger partial charge in [0.1, 0.15) is 17.2 Å². The van der Waals surface area contributed by atoms with E-state index in [0.29, 0.717) is 24.3 Å². The molecule has 1 aliphatic heterocycles. The number of aryl methyl sites for hydroxylation is 1. The highest BCUT2D eigenvalue weighted by Crippen LogP contribution is 2.27. The van der Waals surface area contributed by atoms with Crippen molar-refractivity contribution in [3.63, 3.8) is 0 Å². The Kier molecular flexibility index (Phi) is 5.56. The molecule has 164 valence electrons. The van der Waals surface area contributed by atoms with Crippen molar-refractivity contribution < 1.29 is 13.9 Å². The standard InChI is InChI=1S/C23H28FN5O2/c1-14-10-20(26-16-6-5-9-29(13-16)22(30)31-23(2,3)4)27-28-21(14)15-7-8-17-18(24)12-25-19(17)11-15/h7-8,10-12,16,25H,5-6,9,13H2,1-4H3,(H,26,27)/t16-/m1/s1. The molecule has 2 N–H and O–H groups in total. The number of amides is 1. The average molecular weight is 426 g/mol. The maximum absolute atomic E-state index is 13.7. The second kappa shape index (κ2) is 8.17. The van der Waals surface area contributed by atoms with Crippen LogP contribution >= 0.6 is 0 Å². The van der Waals surface area contributed by atoms with E-state index >= 15 is 0 Å². The molecule has 3 aromatic rings. The van der Waals surface area contributed by atoms with Gasteiger partial charge in [-0.05, 0) is 64.3 Å². The smallest absolute Gasteiger partial charge is 0.410 e. The lowest BCUT2D eigenvalue weighted by Gasteiger charge is -2.34. The Morgan fingerprint density at radius 2 is 2.10 bits per heavy atom. The summed E-state index contributed by atoms with van der Waals surface area (Å²) in [6.45, 7) is 8.84. The lowest BCUT2D eigenvalue weighted by Crippen LogP contribution is -2.47. The molecule has 0 aliphatic carbocycles. The normalized spacial score (nSPS) is 17.1. The van der Waals surface area contributed by atoms with Crippen molar-refractivity contribution in [1.82, 2.24) is 20.1 Å². The molecule has 0 saturated carbocycles. The van der Waals surface area contributed by atoms with E-state index in [0.717, 1.165) is 35.2 Å². The van der Waals surface area contributed by atoms with Crippen LogP contribution in [0.5, 0.6) is 0 Å². The summed E-state index contributed by atoms with van der Waals surface area (Å²) in [5.74, 6) is 0.404. The number of benzene rings is 1. The number of carbonyl (C=O) groups excluding carboxylic acids is 1. The zero-order valence-electron chi connectivity index (χ0n) is 18.3. The summed E-state index contributed by atoms with van der Waals surface area (Å²) in [5, 5.41) is 12.7. The van der Waals surface area contributed by atoms with Crippen LogP contribution in [0.25, 0.3) is 22.2 Å². The number of halogens is 1. The van der Waals surface area contributed by atoms with Crippen molar-refractivity contribution in [2.24, 2.45) is 0 Å². The topological polar surface area (TPSA) is 83.1 Å². The van der Waals surface area contributed by atoms with Crippen LogP contribution in [-0.2, 0) is 4.74 Å². The number of fused-ring (bicyclic) bond motifs is 1. The van der Waals surface area contributed by atoms with Crippen molar-refractivity contribution >= 4 is 22.8 Å². The van der Waals surface area contributed by atoms with E-state index in [1.165, 1.54) is 6.20 Å². The third kappa shape index (κ3) is 4.78. The summed E-state index contributed by atoms with van der Waals surface area (Å²) in [7, 11) is 0. The van der Waals surface area contributed by atoms with Gasteiger partial charge in [-0.25, -0.2) is 9.18 Å². The highest BCUT2D eigenvalue weighted by Gasteiger charge is 2.28. The molecular formula is C23H28FN5O2. The van der Waals surface area contributed by atoms with Crippen LogP contribution in [-0.4, -0.2) is 50.9 Å². The van der Waals surface area contributed by atoms with E-state index in [1.54, 1.807) is 11.0 Å². The zero-order chi connectivity index (χ0) is 22.2. The number of rotatable bonds is 3. The van der Waals surface area contributed by atoms with Gasteiger partial charge in [-0.1, -0.05) is 6.07 Å². The van der Waals surface area contributed by atoms with E-state index in [2.05, 4.69) is 20.5 Å². The Labute approximate surface area is 181 Å². The van der Waals surface area contributed by atoms with Crippen LogP contribution in [0.2, 0.25) is 0 Å². The molecule has 4 rings (SSSR count). The minimum absolute atomic E-state index is 0.0825. The average Bonchev–Trinajstić information content (AvgIpc) is 3.07. The molecule has 1 aromatic carbocycles. The number of H-pyrrole nitrogens is 1. The quantitative estimate of drug-likeness (QED) is 0.625. The van der Waals surface area contributed by atoms with Crippen LogP contribution < -0.4 is 5.32 Å². The lowest BCUT2D eigenvalue weighted by atomic mass is 10.0. The largest absolute Gasteiger partial charge is 0.444 e. The highest BCUT2D eigenvalue weighted by molar-refractivity contribution is 5.85. The van der Waals surface area contributed by atoms with Gasteiger partial charge in [-0.15, -0.1) is 10.2 Å². The predicted molar refractivity (Wildman–Crippen MR) is 118 cm³/mol. The molecule has 3 heterocycles. The zero-order valence-corrected chi connectivity index (χ0v) is 18.3. The van der Waals surface area contributed by atoms with Gasteiger partial charge in [-0.2, -0.15) is 0 Å². The molecule has 1 aliphatic rings. The van der Waals surface area contributed by atoms with Crippen LogP contribution in [0.15, 0.2) is 30.5 Å². The molecule has 2 aromatic heterocycles. The van der Waals surface area contributed by atoms with Gasteiger partial charge in [0.25, 0.3) is 0 Å². The maximum Gasteiger partial charge on any atom is 0.410 e. The molecule has 1 saturated heterocycles. The first kappa shape index (κ1) is 21.1. The summed E-state index contributed by atoms with van der Waals surface area (Å²) >= 11 is 0. The number of piperidine rings is 1.